The average molecular weight is 419 g/mol. The van der Waals surface area contributed by atoms with E-state index in [2.05, 4.69) is 9.97 Å². The minimum Gasteiger partial charge on any atom is -0.475 e. The molecule has 6 nitrogen and oxygen atoms in total. The lowest BCUT2D eigenvalue weighted by Crippen LogP contribution is -2.31. The van der Waals surface area contributed by atoms with Gasteiger partial charge in [-0.25, -0.2) is 18.6 Å². The number of rotatable bonds is 3. The Kier molecular flexibility index (Phi) is 6.60. The zero-order valence-electron chi connectivity index (χ0n) is 15.4. The van der Waals surface area contributed by atoms with Gasteiger partial charge in [0.1, 0.15) is 5.82 Å². The molecule has 29 heavy (non-hydrogen) atoms. The number of nitrogens with one attached hydrogen (secondary N) is 1. The number of amides is 1. The maximum absolute atomic E-state index is 13.3. The van der Waals surface area contributed by atoms with Crippen LogP contribution >= 0.6 is 0 Å². The normalized spacial score (nSPS) is 16.8. The summed E-state index contributed by atoms with van der Waals surface area (Å²) >= 11 is 0. The number of halogens is 5. The van der Waals surface area contributed by atoms with Crippen LogP contribution in [0.3, 0.4) is 0 Å². The van der Waals surface area contributed by atoms with E-state index in [1.807, 2.05) is 18.7 Å². The van der Waals surface area contributed by atoms with Crippen molar-refractivity contribution < 1.29 is 36.6 Å². The number of carboxylic acid groups (broad SMARTS) is 1. The summed E-state index contributed by atoms with van der Waals surface area (Å²) < 4.78 is 58.0. The molecule has 3 rings (SSSR count). The van der Waals surface area contributed by atoms with Gasteiger partial charge in [-0.05, 0) is 32.0 Å². The fraction of sp³-hybridized carbons (Fsp3) is 0.389. The Morgan fingerprint density at radius 1 is 1.28 bits per heavy atom. The van der Waals surface area contributed by atoms with Crippen LogP contribution in [0.25, 0.3) is 11.3 Å². The van der Waals surface area contributed by atoms with Crippen LogP contribution in [0.15, 0.2) is 24.4 Å². The number of hydrogen-bond acceptors (Lipinski definition) is 3. The highest BCUT2D eigenvalue weighted by atomic mass is 19.4. The topological polar surface area (TPSA) is 86.3 Å². The summed E-state index contributed by atoms with van der Waals surface area (Å²) in [6.07, 6.45) is -3.08. The number of carboxylic acids is 1. The summed E-state index contributed by atoms with van der Waals surface area (Å²) in [5.74, 6) is -3.70. The number of aromatic nitrogens is 2. The van der Waals surface area contributed by atoms with Crippen LogP contribution in [0.1, 0.15) is 32.0 Å². The molecule has 1 aromatic carbocycles. The molecule has 1 atom stereocenters. The van der Waals surface area contributed by atoms with Crippen molar-refractivity contribution in [1.29, 1.82) is 0 Å². The first-order valence-corrected chi connectivity index (χ1v) is 8.50. The number of aromatic amines is 1. The third kappa shape index (κ3) is 5.52. The SMILES string of the molecule is CC(C)N1CC(c2ncc(-c3ccc(F)c(F)c3)[nH]2)CC1=O.O=C(O)C(F)(F)F. The van der Waals surface area contributed by atoms with Crippen molar-refractivity contribution in [3.05, 3.63) is 41.9 Å². The monoisotopic (exact) mass is 419 g/mol. The quantitative estimate of drug-likeness (QED) is 0.743. The lowest BCUT2D eigenvalue weighted by molar-refractivity contribution is -0.192. The van der Waals surface area contributed by atoms with Gasteiger partial charge in [0.05, 0.1) is 11.9 Å². The molecule has 0 radical (unpaired) electrons. The first-order chi connectivity index (χ1) is 13.4. The van der Waals surface area contributed by atoms with Gasteiger partial charge in [0.25, 0.3) is 0 Å². The zero-order valence-corrected chi connectivity index (χ0v) is 15.4. The third-order valence-electron chi connectivity index (χ3n) is 4.24. The Morgan fingerprint density at radius 3 is 2.38 bits per heavy atom. The van der Waals surface area contributed by atoms with Crippen molar-refractivity contribution in [3.8, 4) is 11.3 Å². The minimum absolute atomic E-state index is 0.00828. The highest BCUT2D eigenvalue weighted by Gasteiger charge is 2.38. The highest BCUT2D eigenvalue weighted by molar-refractivity contribution is 5.80. The first kappa shape index (κ1) is 22.3. The molecule has 0 saturated carbocycles. The van der Waals surface area contributed by atoms with E-state index in [9.17, 15) is 26.7 Å². The van der Waals surface area contributed by atoms with Gasteiger partial charge in [-0.3, -0.25) is 4.79 Å². The minimum atomic E-state index is -5.08. The molecular weight excluding hydrogens is 401 g/mol. The zero-order chi connectivity index (χ0) is 21.9. The van der Waals surface area contributed by atoms with Gasteiger partial charge >= 0.3 is 12.1 Å². The van der Waals surface area contributed by atoms with Gasteiger partial charge < -0.3 is 15.0 Å². The molecule has 0 bridgehead atoms. The second-order valence-corrected chi connectivity index (χ2v) is 6.65. The van der Waals surface area contributed by atoms with Crippen LogP contribution in [0.5, 0.6) is 0 Å². The van der Waals surface area contributed by atoms with E-state index >= 15 is 0 Å². The Hall–Kier alpha value is -2.98. The maximum Gasteiger partial charge on any atom is 0.490 e. The summed E-state index contributed by atoms with van der Waals surface area (Å²) in [7, 11) is 0. The third-order valence-corrected chi connectivity index (χ3v) is 4.24. The average Bonchev–Trinajstić information content (AvgIpc) is 3.23. The number of hydrogen-bond donors (Lipinski definition) is 2. The predicted octanol–water partition coefficient (Wildman–Crippen LogP) is 3.71. The van der Waals surface area contributed by atoms with E-state index in [1.165, 1.54) is 6.07 Å². The van der Waals surface area contributed by atoms with Crippen molar-refractivity contribution in [2.24, 2.45) is 0 Å². The Morgan fingerprint density at radius 2 is 1.90 bits per heavy atom. The molecule has 1 fully saturated rings. The molecule has 1 aliphatic heterocycles. The largest absolute Gasteiger partial charge is 0.490 e. The van der Waals surface area contributed by atoms with Crippen LogP contribution in [-0.2, 0) is 9.59 Å². The Bertz CT molecular complexity index is 895. The molecule has 1 saturated heterocycles. The van der Waals surface area contributed by atoms with Crippen molar-refractivity contribution in [1.82, 2.24) is 14.9 Å². The molecule has 1 amide bonds. The molecule has 1 aromatic heterocycles. The maximum atomic E-state index is 13.3. The number of carbonyl (C=O) groups excluding carboxylic acids is 1. The fourth-order valence-electron chi connectivity index (χ4n) is 2.77. The lowest BCUT2D eigenvalue weighted by Gasteiger charge is -2.20. The van der Waals surface area contributed by atoms with Gasteiger partial charge in [-0.1, -0.05) is 0 Å². The van der Waals surface area contributed by atoms with Gasteiger partial charge in [0.2, 0.25) is 5.91 Å². The summed E-state index contributed by atoms with van der Waals surface area (Å²) in [6, 6.07) is 3.88. The van der Waals surface area contributed by atoms with Crippen LogP contribution in [-0.4, -0.2) is 50.6 Å². The van der Waals surface area contributed by atoms with Crippen molar-refractivity contribution in [2.45, 2.75) is 38.4 Å². The molecule has 158 valence electrons. The molecule has 0 spiro atoms. The number of H-pyrrole nitrogens is 1. The van der Waals surface area contributed by atoms with E-state index in [0.717, 1.165) is 12.1 Å². The highest BCUT2D eigenvalue weighted by Crippen LogP contribution is 2.29. The van der Waals surface area contributed by atoms with Gasteiger partial charge in [-0.15, -0.1) is 0 Å². The van der Waals surface area contributed by atoms with Crippen LogP contribution in [0.4, 0.5) is 22.0 Å². The molecule has 1 aliphatic rings. The molecule has 2 aromatic rings. The molecule has 2 heterocycles. The molecule has 0 aliphatic carbocycles. The molecular formula is C18H18F5N3O3. The number of nitrogens with zero attached hydrogens (tertiary/aromatic N) is 2. The van der Waals surface area contributed by atoms with Crippen LogP contribution in [0.2, 0.25) is 0 Å². The van der Waals surface area contributed by atoms with Crippen molar-refractivity contribution >= 4 is 11.9 Å². The molecule has 2 N–H and O–H groups in total. The number of aliphatic carboxylic acids is 1. The smallest absolute Gasteiger partial charge is 0.475 e. The second kappa shape index (κ2) is 8.58. The van der Waals surface area contributed by atoms with Gasteiger partial charge in [0, 0.05) is 30.5 Å². The molecule has 1 unspecified atom stereocenters. The van der Waals surface area contributed by atoms with E-state index in [-0.39, 0.29) is 17.9 Å². The summed E-state index contributed by atoms with van der Waals surface area (Å²) in [6.45, 7) is 4.59. The number of imidazole rings is 1. The van der Waals surface area contributed by atoms with Crippen LogP contribution in [0, 0.1) is 11.6 Å². The van der Waals surface area contributed by atoms with E-state index < -0.39 is 23.8 Å². The van der Waals surface area contributed by atoms with Gasteiger partial charge in [-0.2, -0.15) is 13.2 Å². The number of carbonyl (C=O) groups is 2. The standard InChI is InChI=1S/C16H17F2N3O.C2HF3O2/c1-9(2)21-8-11(6-15(21)22)16-19-7-14(20-16)10-3-4-12(17)13(18)5-10;3-2(4,5)1(6)7/h3-5,7,9,11H,6,8H2,1-2H3,(H,19,20);(H,6,7). The number of benzene rings is 1. The Labute approximate surface area is 162 Å². The van der Waals surface area contributed by atoms with E-state index in [1.54, 1.807) is 6.20 Å². The summed E-state index contributed by atoms with van der Waals surface area (Å²) in [5, 5.41) is 7.12. The number of likely N-dealkylation sites (tertiary alicyclic amines) is 1. The number of alkyl halides is 3. The summed E-state index contributed by atoms with van der Waals surface area (Å²) in [5.41, 5.74) is 1.15. The van der Waals surface area contributed by atoms with Crippen LogP contribution < -0.4 is 0 Å². The van der Waals surface area contributed by atoms with E-state index in [0.29, 0.717) is 30.0 Å². The predicted molar refractivity (Wildman–Crippen MR) is 91.8 cm³/mol. The Balaban J connectivity index is 0.000000370. The first-order valence-electron chi connectivity index (χ1n) is 8.50. The lowest BCUT2D eigenvalue weighted by atomic mass is 10.1. The fourth-order valence-corrected chi connectivity index (χ4v) is 2.77. The molecule has 11 heteroatoms. The second-order valence-electron chi connectivity index (χ2n) is 6.65. The van der Waals surface area contributed by atoms with E-state index in [4.69, 9.17) is 9.90 Å². The van der Waals surface area contributed by atoms with Gasteiger partial charge in [0.15, 0.2) is 11.6 Å². The van der Waals surface area contributed by atoms with Crippen molar-refractivity contribution in [3.63, 3.8) is 0 Å². The summed E-state index contributed by atoms with van der Waals surface area (Å²) in [4.78, 5) is 30.1. The van der Waals surface area contributed by atoms with Crippen molar-refractivity contribution in [2.75, 3.05) is 6.54 Å².